The molecule has 7 nitrogen and oxygen atoms in total. The van der Waals surface area contributed by atoms with Crippen LogP contribution in [0.2, 0.25) is 0 Å². The Morgan fingerprint density at radius 3 is 2.57 bits per heavy atom. The third-order valence-corrected chi connectivity index (χ3v) is 8.35. The number of nitrogens with zero attached hydrogens (tertiary/aromatic N) is 3. The standard InChI is InChI=1S/C23H25F3N4O3S2/c1-29(16-7-8-27-11-16)20-10-19(24)21(9-18(20)23(25)26)35(31,32)30(22-13-34-14-28-22)12-15-3-5-17(33-2)6-4-15/h3-6,9-10,13-14,16,23,27H,7-8,11-12H2,1-2H3/t16-/m0/s1. The van der Waals surface area contributed by atoms with E-state index in [9.17, 15) is 17.2 Å². The fraction of sp³-hybridized carbons (Fsp3) is 0.348. The van der Waals surface area contributed by atoms with Crippen molar-refractivity contribution >= 4 is 32.9 Å². The van der Waals surface area contributed by atoms with Gasteiger partial charge in [-0.2, -0.15) is 0 Å². The van der Waals surface area contributed by atoms with Crippen molar-refractivity contribution in [3.05, 3.63) is 64.2 Å². The molecule has 1 N–H and O–H groups in total. The molecule has 0 amide bonds. The minimum atomic E-state index is -4.58. The Morgan fingerprint density at radius 2 is 2.00 bits per heavy atom. The van der Waals surface area contributed by atoms with Gasteiger partial charge in [-0.05, 0) is 42.8 Å². The summed E-state index contributed by atoms with van der Waals surface area (Å²) in [5, 5.41) is 4.65. The summed E-state index contributed by atoms with van der Waals surface area (Å²) in [4.78, 5) is 4.84. The molecule has 4 rings (SSSR count). The van der Waals surface area contributed by atoms with E-state index < -0.39 is 32.7 Å². The minimum absolute atomic E-state index is 0.0273. The smallest absolute Gasteiger partial charge is 0.268 e. The molecule has 1 aliphatic rings. The Morgan fingerprint density at radius 1 is 1.26 bits per heavy atom. The second kappa shape index (κ2) is 10.4. The van der Waals surface area contributed by atoms with E-state index in [0.29, 0.717) is 24.3 Å². The Kier molecular flexibility index (Phi) is 7.53. The van der Waals surface area contributed by atoms with Crippen molar-refractivity contribution < 1.29 is 26.3 Å². The largest absolute Gasteiger partial charge is 0.497 e. The summed E-state index contributed by atoms with van der Waals surface area (Å²) in [6.45, 7) is 1.12. The fourth-order valence-electron chi connectivity index (χ4n) is 4.04. The molecule has 188 valence electrons. The molecule has 1 fully saturated rings. The molecule has 2 heterocycles. The number of thiazole rings is 1. The van der Waals surface area contributed by atoms with Gasteiger partial charge in [0.25, 0.3) is 16.4 Å². The van der Waals surface area contributed by atoms with Gasteiger partial charge in [-0.25, -0.2) is 30.9 Å². The Hall–Kier alpha value is -2.83. The zero-order chi connectivity index (χ0) is 25.2. The maximum absolute atomic E-state index is 15.3. The summed E-state index contributed by atoms with van der Waals surface area (Å²) in [7, 11) is -1.46. The number of ether oxygens (including phenoxy) is 1. The molecule has 1 aromatic heterocycles. The summed E-state index contributed by atoms with van der Waals surface area (Å²) < 4.78 is 76.8. The summed E-state index contributed by atoms with van der Waals surface area (Å²) in [5.41, 5.74) is 1.46. The quantitative estimate of drug-likeness (QED) is 0.445. The van der Waals surface area contributed by atoms with Crippen molar-refractivity contribution in [2.24, 2.45) is 0 Å². The Labute approximate surface area is 206 Å². The number of aromatic nitrogens is 1. The molecule has 1 aliphatic heterocycles. The van der Waals surface area contributed by atoms with Gasteiger partial charge in [-0.1, -0.05) is 12.1 Å². The third kappa shape index (κ3) is 5.24. The highest BCUT2D eigenvalue weighted by molar-refractivity contribution is 7.92. The summed E-state index contributed by atoms with van der Waals surface area (Å²) in [6, 6.07) is 8.20. The minimum Gasteiger partial charge on any atom is -0.497 e. The number of sulfonamides is 1. The molecular weight excluding hydrogens is 501 g/mol. The van der Waals surface area contributed by atoms with E-state index in [-0.39, 0.29) is 24.1 Å². The molecule has 3 aromatic rings. The molecular formula is C23H25F3N4O3S2. The van der Waals surface area contributed by atoms with Crippen LogP contribution in [0, 0.1) is 5.82 Å². The summed E-state index contributed by atoms with van der Waals surface area (Å²) in [6.07, 6.45) is -2.29. The number of methoxy groups -OCH3 is 1. The van der Waals surface area contributed by atoms with E-state index >= 15 is 4.39 Å². The van der Waals surface area contributed by atoms with Crippen LogP contribution in [0.1, 0.15) is 24.0 Å². The molecule has 35 heavy (non-hydrogen) atoms. The number of hydrogen-bond acceptors (Lipinski definition) is 7. The van der Waals surface area contributed by atoms with Gasteiger partial charge in [0.2, 0.25) is 0 Å². The molecule has 0 bridgehead atoms. The van der Waals surface area contributed by atoms with Crippen molar-refractivity contribution in [2.75, 3.05) is 36.5 Å². The molecule has 12 heteroatoms. The van der Waals surface area contributed by atoms with Crippen molar-refractivity contribution in [3.63, 3.8) is 0 Å². The topological polar surface area (TPSA) is 74.8 Å². The number of likely N-dealkylation sites (N-methyl/N-ethyl adjacent to an activating group) is 1. The number of hydrogen-bond donors (Lipinski definition) is 1. The van der Waals surface area contributed by atoms with E-state index in [1.165, 1.54) is 18.0 Å². The number of halogens is 3. The van der Waals surface area contributed by atoms with Crippen molar-refractivity contribution in [1.82, 2.24) is 10.3 Å². The molecule has 0 saturated carbocycles. The van der Waals surface area contributed by atoms with Gasteiger partial charge in [-0.3, -0.25) is 0 Å². The SMILES string of the molecule is COc1ccc(CN(c2cscn2)S(=O)(=O)c2cc(C(F)F)c(N(C)[C@H]3CCNC3)cc2F)cc1. The van der Waals surface area contributed by atoms with Crippen LogP contribution in [-0.4, -0.2) is 46.7 Å². The van der Waals surface area contributed by atoms with E-state index in [0.717, 1.165) is 34.3 Å². The molecule has 0 aliphatic carbocycles. The van der Waals surface area contributed by atoms with Gasteiger partial charge in [0.15, 0.2) is 5.82 Å². The molecule has 0 radical (unpaired) electrons. The highest BCUT2D eigenvalue weighted by Crippen LogP contribution is 2.37. The predicted octanol–water partition coefficient (Wildman–Crippen LogP) is 4.42. The van der Waals surface area contributed by atoms with Crippen LogP contribution >= 0.6 is 11.3 Å². The van der Waals surface area contributed by atoms with Crippen LogP contribution < -0.4 is 19.3 Å². The highest BCUT2D eigenvalue weighted by Gasteiger charge is 2.33. The monoisotopic (exact) mass is 526 g/mol. The molecule has 1 saturated heterocycles. The van der Waals surface area contributed by atoms with Gasteiger partial charge < -0.3 is 15.0 Å². The lowest BCUT2D eigenvalue weighted by molar-refractivity contribution is 0.151. The first-order chi connectivity index (χ1) is 16.7. The first-order valence-corrected chi connectivity index (χ1v) is 13.2. The average Bonchev–Trinajstić information content (AvgIpc) is 3.56. The normalized spacial score (nSPS) is 16.0. The van der Waals surface area contributed by atoms with Gasteiger partial charge in [-0.15, -0.1) is 11.3 Å². The average molecular weight is 527 g/mol. The van der Waals surface area contributed by atoms with Crippen molar-refractivity contribution in [2.45, 2.75) is 30.3 Å². The zero-order valence-electron chi connectivity index (χ0n) is 19.1. The molecule has 0 unspecified atom stereocenters. The van der Waals surface area contributed by atoms with Gasteiger partial charge in [0, 0.05) is 36.3 Å². The number of anilines is 2. The van der Waals surface area contributed by atoms with Crippen LogP contribution in [0.15, 0.2) is 52.2 Å². The number of rotatable bonds is 9. The lowest BCUT2D eigenvalue weighted by atomic mass is 10.1. The fourth-order valence-corrected chi connectivity index (χ4v) is 6.13. The van der Waals surface area contributed by atoms with E-state index in [1.807, 2.05) is 0 Å². The molecule has 2 aromatic carbocycles. The lowest BCUT2D eigenvalue weighted by Crippen LogP contribution is -2.35. The van der Waals surface area contributed by atoms with E-state index in [2.05, 4.69) is 10.3 Å². The predicted molar refractivity (Wildman–Crippen MR) is 130 cm³/mol. The maximum atomic E-state index is 15.3. The first-order valence-electron chi connectivity index (χ1n) is 10.8. The zero-order valence-corrected chi connectivity index (χ0v) is 20.8. The van der Waals surface area contributed by atoms with Crippen LogP contribution in [0.25, 0.3) is 0 Å². The second-order valence-electron chi connectivity index (χ2n) is 8.11. The Bertz CT molecular complexity index is 1250. The number of benzene rings is 2. The van der Waals surface area contributed by atoms with Crippen molar-refractivity contribution in [3.8, 4) is 5.75 Å². The first kappa shape index (κ1) is 25.3. The summed E-state index contributed by atoms with van der Waals surface area (Å²) >= 11 is 1.16. The molecule has 0 spiro atoms. The summed E-state index contributed by atoms with van der Waals surface area (Å²) in [5.74, 6) is -0.444. The van der Waals surface area contributed by atoms with Gasteiger partial charge in [0.05, 0.1) is 19.2 Å². The van der Waals surface area contributed by atoms with Crippen LogP contribution in [-0.2, 0) is 16.6 Å². The van der Waals surface area contributed by atoms with Crippen LogP contribution in [0.5, 0.6) is 5.75 Å². The van der Waals surface area contributed by atoms with Crippen LogP contribution in [0.4, 0.5) is 24.7 Å². The maximum Gasteiger partial charge on any atom is 0.268 e. The lowest BCUT2D eigenvalue weighted by Gasteiger charge is -2.29. The molecule has 1 atom stereocenters. The second-order valence-corrected chi connectivity index (χ2v) is 10.7. The number of nitrogens with one attached hydrogen (secondary N) is 1. The third-order valence-electron chi connectivity index (χ3n) is 6.01. The van der Waals surface area contributed by atoms with Gasteiger partial charge >= 0.3 is 0 Å². The number of alkyl halides is 2. The van der Waals surface area contributed by atoms with Crippen LogP contribution in [0.3, 0.4) is 0 Å². The van der Waals surface area contributed by atoms with Gasteiger partial charge in [0.1, 0.15) is 16.5 Å². The van der Waals surface area contributed by atoms with E-state index in [4.69, 9.17) is 4.74 Å². The Balaban J connectivity index is 1.76. The van der Waals surface area contributed by atoms with Crippen molar-refractivity contribution in [1.29, 1.82) is 0 Å². The highest BCUT2D eigenvalue weighted by atomic mass is 32.2. The van der Waals surface area contributed by atoms with E-state index in [1.54, 1.807) is 36.2 Å².